The van der Waals surface area contributed by atoms with E-state index in [0.29, 0.717) is 25.4 Å². The molecule has 1 aliphatic heterocycles. The Labute approximate surface area is 83.5 Å². The van der Waals surface area contributed by atoms with Gasteiger partial charge in [0.25, 0.3) is 0 Å². The lowest BCUT2D eigenvalue weighted by Gasteiger charge is -2.22. The fourth-order valence-electron chi connectivity index (χ4n) is 1.55. The molecule has 80 valence electrons. The van der Waals surface area contributed by atoms with E-state index in [9.17, 15) is 4.79 Å². The maximum Gasteiger partial charge on any atom is 0.337 e. The highest BCUT2D eigenvalue weighted by Gasteiger charge is 2.24. The second-order valence-corrected chi connectivity index (χ2v) is 3.19. The van der Waals surface area contributed by atoms with Gasteiger partial charge >= 0.3 is 5.97 Å². The zero-order valence-electron chi connectivity index (χ0n) is 8.36. The van der Waals surface area contributed by atoms with Gasteiger partial charge in [-0.15, -0.1) is 0 Å². The summed E-state index contributed by atoms with van der Waals surface area (Å²) in [6, 6.07) is 0. The summed E-state index contributed by atoms with van der Waals surface area (Å²) in [5, 5.41) is 8.97. The predicted molar refractivity (Wildman–Crippen MR) is 50.9 cm³/mol. The van der Waals surface area contributed by atoms with E-state index >= 15 is 0 Å². The molecule has 0 spiro atoms. The van der Waals surface area contributed by atoms with E-state index in [4.69, 9.17) is 14.6 Å². The van der Waals surface area contributed by atoms with Crippen molar-refractivity contribution in [2.75, 3.05) is 19.8 Å². The predicted octanol–water partition coefficient (Wildman–Crippen LogP) is 1.42. The van der Waals surface area contributed by atoms with E-state index in [0.717, 1.165) is 19.1 Å². The van der Waals surface area contributed by atoms with Crippen LogP contribution in [0.2, 0.25) is 0 Å². The second kappa shape index (κ2) is 5.65. The Hall–Kier alpha value is -1.03. The topological polar surface area (TPSA) is 55.8 Å². The van der Waals surface area contributed by atoms with Crippen molar-refractivity contribution in [3.63, 3.8) is 0 Å². The Bertz CT molecular complexity index is 216. The fraction of sp³-hybridized carbons (Fsp3) is 0.700. The summed E-state index contributed by atoms with van der Waals surface area (Å²) in [5.41, 5.74) is 0.371. The van der Waals surface area contributed by atoms with Crippen molar-refractivity contribution in [2.45, 2.75) is 19.8 Å². The number of hydrogen-bond donors (Lipinski definition) is 1. The van der Waals surface area contributed by atoms with Crippen LogP contribution in [0.15, 0.2) is 11.8 Å². The number of rotatable bonds is 3. The van der Waals surface area contributed by atoms with Gasteiger partial charge in [0, 0.05) is 13.2 Å². The van der Waals surface area contributed by atoms with E-state index in [1.54, 1.807) is 6.92 Å². The highest BCUT2D eigenvalue weighted by Crippen LogP contribution is 2.23. The minimum Gasteiger partial charge on any atom is -0.515 e. The van der Waals surface area contributed by atoms with Gasteiger partial charge in [0.2, 0.25) is 0 Å². The number of carbonyl (C=O) groups is 1. The van der Waals surface area contributed by atoms with Gasteiger partial charge in [-0.25, -0.2) is 4.79 Å². The van der Waals surface area contributed by atoms with E-state index in [1.807, 2.05) is 0 Å². The van der Waals surface area contributed by atoms with E-state index in [-0.39, 0.29) is 5.92 Å². The molecule has 0 aromatic heterocycles. The van der Waals surface area contributed by atoms with Crippen molar-refractivity contribution in [3.8, 4) is 0 Å². The molecule has 0 amide bonds. The van der Waals surface area contributed by atoms with Crippen LogP contribution in [0, 0.1) is 5.92 Å². The number of carbonyl (C=O) groups excluding carboxylic acids is 1. The summed E-state index contributed by atoms with van der Waals surface area (Å²) in [6.07, 6.45) is 2.41. The van der Waals surface area contributed by atoms with Crippen LogP contribution >= 0.6 is 0 Å². The molecular formula is C10H16O4. The Morgan fingerprint density at radius 1 is 1.57 bits per heavy atom. The van der Waals surface area contributed by atoms with Gasteiger partial charge in [0.15, 0.2) is 0 Å². The molecule has 0 saturated carbocycles. The highest BCUT2D eigenvalue weighted by molar-refractivity contribution is 5.88. The van der Waals surface area contributed by atoms with Crippen molar-refractivity contribution < 1.29 is 19.4 Å². The summed E-state index contributed by atoms with van der Waals surface area (Å²) in [5.74, 6) is -0.338. The summed E-state index contributed by atoms with van der Waals surface area (Å²) in [7, 11) is 0. The third-order valence-corrected chi connectivity index (χ3v) is 2.31. The van der Waals surface area contributed by atoms with Gasteiger partial charge in [0.05, 0.1) is 18.4 Å². The van der Waals surface area contributed by atoms with Crippen LogP contribution in [0.25, 0.3) is 0 Å². The largest absolute Gasteiger partial charge is 0.515 e. The molecule has 0 aromatic carbocycles. The Morgan fingerprint density at radius 2 is 2.21 bits per heavy atom. The van der Waals surface area contributed by atoms with E-state index < -0.39 is 5.97 Å². The van der Waals surface area contributed by atoms with Crippen molar-refractivity contribution in [3.05, 3.63) is 11.8 Å². The lowest BCUT2D eigenvalue weighted by molar-refractivity contribution is -0.139. The molecule has 1 aliphatic rings. The molecule has 1 saturated heterocycles. The van der Waals surface area contributed by atoms with Crippen molar-refractivity contribution >= 4 is 5.97 Å². The van der Waals surface area contributed by atoms with Crippen LogP contribution < -0.4 is 0 Å². The number of esters is 1. The first kappa shape index (κ1) is 11.0. The highest BCUT2D eigenvalue weighted by atomic mass is 16.5. The van der Waals surface area contributed by atoms with Crippen molar-refractivity contribution in [1.29, 1.82) is 0 Å². The van der Waals surface area contributed by atoms with Gasteiger partial charge in [-0.1, -0.05) is 0 Å². The van der Waals surface area contributed by atoms with Crippen LogP contribution in [0.4, 0.5) is 0 Å². The van der Waals surface area contributed by atoms with Gasteiger partial charge in [-0.3, -0.25) is 0 Å². The number of aliphatic hydroxyl groups is 1. The minimum absolute atomic E-state index is 0.0767. The molecule has 0 radical (unpaired) electrons. The Morgan fingerprint density at radius 3 is 2.71 bits per heavy atom. The zero-order chi connectivity index (χ0) is 10.4. The lowest BCUT2D eigenvalue weighted by Crippen LogP contribution is -2.23. The molecule has 4 heteroatoms. The monoisotopic (exact) mass is 200 g/mol. The second-order valence-electron chi connectivity index (χ2n) is 3.19. The summed E-state index contributed by atoms with van der Waals surface area (Å²) >= 11 is 0. The van der Waals surface area contributed by atoms with Gasteiger partial charge in [-0.2, -0.15) is 0 Å². The molecule has 0 aliphatic carbocycles. The maximum atomic E-state index is 11.4. The smallest absolute Gasteiger partial charge is 0.337 e. The molecule has 4 nitrogen and oxygen atoms in total. The summed E-state index contributed by atoms with van der Waals surface area (Å²) in [4.78, 5) is 11.4. The standard InChI is InChI=1S/C10H16O4/c1-2-14-10(12)9(7-11)8-3-5-13-6-4-8/h7-8,11H,2-6H2,1H3/b9-7-. The molecule has 0 aromatic rings. The minimum atomic E-state index is -0.415. The third-order valence-electron chi connectivity index (χ3n) is 2.31. The van der Waals surface area contributed by atoms with Crippen LogP contribution in [-0.2, 0) is 14.3 Å². The number of hydrogen-bond acceptors (Lipinski definition) is 4. The molecule has 1 fully saturated rings. The van der Waals surface area contributed by atoms with E-state index in [1.165, 1.54) is 0 Å². The summed E-state index contributed by atoms with van der Waals surface area (Å²) < 4.78 is 10.0. The van der Waals surface area contributed by atoms with Gasteiger partial charge in [-0.05, 0) is 25.7 Å². The van der Waals surface area contributed by atoms with Crippen LogP contribution in [0.1, 0.15) is 19.8 Å². The van der Waals surface area contributed by atoms with E-state index in [2.05, 4.69) is 0 Å². The van der Waals surface area contributed by atoms with Crippen molar-refractivity contribution in [1.82, 2.24) is 0 Å². The molecule has 0 atom stereocenters. The molecule has 1 heterocycles. The normalized spacial score (nSPS) is 19.4. The molecule has 0 bridgehead atoms. The third kappa shape index (κ3) is 2.73. The van der Waals surface area contributed by atoms with Crippen LogP contribution in [-0.4, -0.2) is 30.9 Å². The number of aliphatic hydroxyl groups excluding tert-OH is 1. The first-order valence-corrected chi connectivity index (χ1v) is 4.88. The zero-order valence-corrected chi connectivity index (χ0v) is 8.36. The quantitative estimate of drug-likeness (QED) is 0.425. The summed E-state index contributed by atoms with van der Waals surface area (Å²) in [6.45, 7) is 3.36. The first-order valence-electron chi connectivity index (χ1n) is 4.88. The van der Waals surface area contributed by atoms with Crippen molar-refractivity contribution in [2.24, 2.45) is 5.92 Å². The van der Waals surface area contributed by atoms with Gasteiger partial charge < -0.3 is 14.6 Å². The van der Waals surface area contributed by atoms with Crippen LogP contribution in [0.5, 0.6) is 0 Å². The average Bonchev–Trinajstić information content (AvgIpc) is 2.21. The molecule has 1 N–H and O–H groups in total. The molecule has 14 heavy (non-hydrogen) atoms. The average molecular weight is 200 g/mol. The molecule has 0 unspecified atom stereocenters. The number of ether oxygens (including phenoxy) is 2. The Balaban J connectivity index is 2.56. The van der Waals surface area contributed by atoms with Crippen LogP contribution in [0.3, 0.4) is 0 Å². The molecule has 1 rings (SSSR count). The lowest BCUT2D eigenvalue weighted by atomic mass is 9.92. The fourth-order valence-corrected chi connectivity index (χ4v) is 1.55. The maximum absolute atomic E-state index is 11.4. The van der Waals surface area contributed by atoms with Gasteiger partial charge in [0.1, 0.15) is 0 Å². The Kier molecular flexibility index (Phi) is 4.46. The molecular weight excluding hydrogens is 184 g/mol. The SMILES string of the molecule is CCOC(=O)/C(=C\O)C1CCOCC1. The first-order chi connectivity index (χ1) is 6.79.